The van der Waals surface area contributed by atoms with Crippen molar-refractivity contribution in [3.8, 4) is 0 Å². The summed E-state index contributed by atoms with van der Waals surface area (Å²) in [6.07, 6.45) is 3.78. The van der Waals surface area contributed by atoms with Crippen LogP contribution in [0.3, 0.4) is 0 Å². The molecule has 0 spiro atoms. The number of carbonyl (C=O) groups excluding carboxylic acids is 1. The van der Waals surface area contributed by atoms with E-state index in [2.05, 4.69) is 20.3 Å². The van der Waals surface area contributed by atoms with Crippen LogP contribution in [0.2, 0.25) is 0 Å². The first-order valence-corrected chi connectivity index (χ1v) is 5.24. The maximum atomic E-state index is 11.6. The number of hydrogen-bond donors (Lipinski definition) is 4. The zero-order valence-corrected chi connectivity index (χ0v) is 9.32. The van der Waals surface area contributed by atoms with E-state index in [1.807, 2.05) is 4.98 Å². The van der Waals surface area contributed by atoms with Crippen LogP contribution in [0.15, 0.2) is 28.2 Å². The van der Waals surface area contributed by atoms with Crippen LogP contribution < -0.4 is 16.6 Å². The number of nitrogens with zero attached hydrogens (tertiary/aromatic N) is 1. The summed E-state index contributed by atoms with van der Waals surface area (Å²) < 4.78 is 0. The van der Waals surface area contributed by atoms with E-state index in [1.54, 1.807) is 12.5 Å². The topological polar surface area (TPSA) is 123 Å². The zero-order chi connectivity index (χ0) is 13.0. The highest BCUT2D eigenvalue weighted by Gasteiger charge is 2.07. The van der Waals surface area contributed by atoms with Crippen molar-refractivity contribution in [2.24, 2.45) is 0 Å². The van der Waals surface area contributed by atoms with Gasteiger partial charge in [-0.25, -0.2) is 9.78 Å². The summed E-state index contributed by atoms with van der Waals surface area (Å²) in [5.74, 6) is -0.502. The molecule has 2 heterocycles. The van der Waals surface area contributed by atoms with Crippen LogP contribution in [-0.2, 0) is 6.42 Å². The summed E-state index contributed by atoms with van der Waals surface area (Å²) in [6, 6.07) is 1.03. The average molecular weight is 249 g/mol. The third-order valence-corrected chi connectivity index (χ3v) is 2.24. The lowest BCUT2D eigenvalue weighted by molar-refractivity contribution is 0.0948. The molecule has 2 aromatic rings. The van der Waals surface area contributed by atoms with Crippen molar-refractivity contribution in [1.82, 2.24) is 25.3 Å². The van der Waals surface area contributed by atoms with Gasteiger partial charge in [0.05, 0.1) is 6.33 Å². The van der Waals surface area contributed by atoms with E-state index in [0.29, 0.717) is 13.0 Å². The Balaban J connectivity index is 1.95. The predicted octanol–water partition coefficient (Wildman–Crippen LogP) is -1.24. The number of hydrogen-bond acceptors (Lipinski definition) is 4. The Hall–Kier alpha value is -2.64. The lowest BCUT2D eigenvalue weighted by Gasteiger charge is -2.03. The van der Waals surface area contributed by atoms with E-state index in [1.165, 1.54) is 0 Å². The van der Waals surface area contributed by atoms with E-state index in [9.17, 15) is 14.4 Å². The Morgan fingerprint density at radius 1 is 1.33 bits per heavy atom. The van der Waals surface area contributed by atoms with Crippen molar-refractivity contribution < 1.29 is 4.79 Å². The minimum atomic E-state index is -0.707. The van der Waals surface area contributed by atoms with Crippen molar-refractivity contribution >= 4 is 5.91 Å². The van der Waals surface area contributed by atoms with Gasteiger partial charge in [0.15, 0.2) is 0 Å². The van der Waals surface area contributed by atoms with Gasteiger partial charge in [-0.2, -0.15) is 0 Å². The molecule has 0 saturated carbocycles. The van der Waals surface area contributed by atoms with Crippen LogP contribution in [0.5, 0.6) is 0 Å². The molecular weight excluding hydrogens is 238 g/mol. The highest BCUT2D eigenvalue weighted by atomic mass is 16.2. The minimum absolute atomic E-state index is 0.0617. The molecule has 2 rings (SSSR count). The predicted molar refractivity (Wildman–Crippen MR) is 62.3 cm³/mol. The summed E-state index contributed by atoms with van der Waals surface area (Å²) in [7, 11) is 0. The van der Waals surface area contributed by atoms with E-state index in [0.717, 1.165) is 11.8 Å². The van der Waals surface area contributed by atoms with Crippen LogP contribution >= 0.6 is 0 Å². The summed E-state index contributed by atoms with van der Waals surface area (Å²) in [5, 5.41) is 2.58. The molecule has 0 aliphatic rings. The van der Waals surface area contributed by atoms with Gasteiger partial charge >= 0.3 is 5.69 Å². The third-order valence-electron chi connectivity index (χ3n) is 2.24. The van der Waals surface area contributed by atoms with Gasteiger partial charge in [0.1, 0.15) is 5.69 Å². The lowest BCUT2D eigenvalue weighted by Crippen LogP contribution is -2.32. The highest BCUT2D eigenvalue weighted by molar-refractivity contribution is 5.91. The van der Waals surface area contributed by atoms with Gasteiger partial charge in [0, 0.05) is 30.9 Å². The van der Waals surface area contributed by atoms with Crippen molar-refractivity contribution in [3.05, 3.63) is 50.8 Å². The van der Waals surface area contributed by atoms with Crippen LogP contribution in [0.4, 0.5) is 0 Å². The van der Waals surface area contributed by atoms with E-state index in [4.69, 9.17) is 0 Å². The first kappa shape index (κ1) is 11.8. The molecular formula is C10H11N5O3. The quantitative estimate of drug-likeness (QED) is 0.541. The van der Waals surface area contributed by atoms with Crippen molar-refractivity contribution in [3.63, 3.8) is 0 Å². The molecule has 2 aromatic heterocycles. The fourth-order valence-electron chi connectivity index (χ4n) is 1.42. The van der Waals surface area contributed by atoms with Gasteiger partial charge in [0.25, 0.3) is 11.5 Å². The number of aromatic amines is 3. The Kier molecular flexibility index (Phi) is 3.37. The molecule has 94 valence electrons. The molecule has 8 heteroatoms. The Bertz CT molecular complexity index is 612. The smallest absolute Gasteiger partial charge is 0.326 e. The summed E-state index contributed by atoms with van der Waals surface area (Å²) in [5.41, 5.74) is -0.498. The van der Waals surface area contributed by atoms with Crippen LogP contribution in [0.1, 0.15) is 16.2 Å². The fraction of sp³-hybridized carbons (Fsp3) is 0.200. The van der Waals surface area contributed by atoms with Crippen LogP contribution in [0.25, 0.3) is 0 Å². The van der Waals surface area contributed by atoms with Gasteiger partial charge in [-0.05, 0) is 0 Å². The second kappa shape index (κ2) is 5.13. The second-order valence-corrected chi connectivity index (χ2v) is 3.58. The van der Waals surface area contributed by atoms with E-state index < -0.39 is 17.2 Å². The Morgan fingerprint density at radius 2 is 2.17 bits per heavy atom. The molecule has 0 aliphatic carbocycles. The summed E-state index contributed by atoms with van der Waals surface area (Å²) in [6.45, 7) is 0.371. The normalized spacial score (nSPS) is 10.2. The molecule has 4 N–H and O–H groups in total. The number of aromatic nitrogens is 4. The maximum Gasteiger partial charge on any atom is 0.326 e. The number of rotatable bonds is 4. The number of carbonyl (C=O) groups is 1. The molecule has 0 atom stereocenters. The zero-order valence-electron chi connectivity index (χ0n) is 9.32. The lowest BCUT2D eigenvalue weighted by atomic mass is 10.3. The Morgan fingerprint density at radius 3 is 2.83 bits per heavy atom. The van der Waals surface area contributed by atoms with Crippen molar-refractivity contribution in [1.29, 1.82) is 0 Å². The van der Waals surface area contributed by atoms with Crippen LogP contribution in [0, 0.1) is 0 Å². The van der Waals surface area contributed by atoms with Crippen molar-refractivity contribution in [2.75, 3.05) is 6.54 Å². The van der Waals surface area contributed by atoms with Crippen molar-refractivity contribution in [2.45, 2.75) is 6.42 Å². The van der Waals surface area contributed by atoms with Crippen LogP contribution in [-0.4, -0.2) is 32.4 Å². The molecule has 0 aromatic carbocycles. The number of nitrogens with one attached hydrogen (secondary N) is 4. The first-order valence-electron chi connectivity index (χ1n) is 5.24. The number of amides is 1. The SMILES string of the molecule is O=C(NCCc1cnc[nH]1)c1cc(=O)[nH]c(=O)[nH]1. The molecule has 1 amide bonds. The van der Waals surface area contributed by atoms with Gasteiger partial charge in [-0.1, -0.05) is 0 Å². The maximum absolute atomic E-state index is 11.6. The fourth-order valence-corrected chi connectivity index (χ4v) is 1.42. The number of imidazole rings is 1. The monoisotopic (exact) mass is 249 g/mol. The first-order chi connectivity index (χ1) is 8.65. The summed E-state index contributed by atoms with van der Waals surface area (Å²) >= 11 is 0. The summed E-state index contributed by atoms with van der Waals surface area (Å²) in [4.78, 5) is 44.6. The Labute approximate surface area is 100 Å². The molecule has 0 radical (unpaired) electrons. The second-order valence-electron chi connectivity index (χ2n) is 3.58. The standard InChI is InChI=1S/C10H11N5O3/c16-8-3-7(14-10(18)15-8)9(17)12-2-1-6-4-11-5-13-6/h3-5H,1-2H2,(H,11,13)(H,12,17)(H2,14,15,16,18). The number of H-pyrrole nitrogens is 3. The van der Waals surface area contributed by atoms with Gasteiger partial charge in [-0.15, -0.1) is 0 Å². The minimum Gasteiger partial charge on any atom is -0.350 e. The highest BCUT2D eigenvalue weighted by Crippen LogP contribution is 1.91. The van der Waals surface area contributed by atoms with Gasteiger partial charge < -0.3 is 15.3 Å². The molecule has 0 aliphatic heterocycles. The molecule has 0 saturated heterocycles. The van der Waals surface area contributed by atoms with E-state index in [-0.39, 0.29) is 5.69 Å². The molecule has 0 unspecified atom stereocenters. The average Bonchev–Trinajstić information content (AvgIpc) is 2.80. The molecule has 0 fully saturated rings. The van der Waals surface area contributed by atoms with Gasteiger partial charge in [-0.3, -0.25) is 14.6 Å². The third kappa shape index (κ3) is 2.94. The largest absolute Gasteiger partial charge is 0.350 e. The molecule has 8 nitrogen and oxygen atoms in total. The van der Waals surface area contributed by atoms with E-state index >= 15 is 0 Å². The van der Waals surface area contributed by atoms with Gasteiger partial charge in [0.2, 0.25) is 0 Å². The molecule has 18 heavy (non-hydrogen) atoms. The molecule has 0 bridgehead atoms.